The van der Waals surface area contributed by atoms with E-state index in [9.17, 15) is 19.5 Å². The van der Waals surface area contributed by atoms with Gasteiger partial charge in [-0.25, -0.2) is 4.79 Å². The van der Waals surface area contributed by atoms with Crippen LogP contribution in [0.2, 0.25) is 0 Å². The number of hydrogen-bond acceptors (Lipinski definition) is 5. The van der Waals surface area contributed by atoms with Gasteiger partial charge >= 0.3 is 5.97 Å². The number of carbonyl (C=O) groups excluding carboxylic acids is 1. The van der Waals surface area contributed by atoms with E-state index < -0.39 is 29.5 Å². The lowest BCUT2D eigenvalue weighted by molar-refractivity contribution is -0.142. The number of rotatable bonds is 8. The molecular formula is C21H22N4O4. The molecule has 0 unspecified atom stereocenters. The van der Waals surface area contributed by atoms with E-state index in [4.69, 9.17) is 0 Å². The number of amides is 1. The highest BCUT2D eigenvalue weighted by Crippen LogP contribution is 2.18. The number of aromatic nitrogens is 3. The van der Waals surface area contributed by atoms with Gasteiger partial charge in [-0.2, -0.15) is 4.68 Å². The van der Waals surface area contributed by atoms with Gasteiger partial charge in [0.05, 0.1) is 5.39 Å². The zero-order valence-electron chi connectivity index (χ0n) is 16.0. The molecule has 2 N–H and O–H groups in total. The first-order chi connectivity index (χ1) is 14.0. The molecule has 0 aliphatic carbocycles. The van der Waals surface area contributed by atoms with E-state index in [1.165, 1.54) is 0 Å². The molecule has 150 valence electrons. The normalized spacial score (nSPS) is 13.0. The Kier molecular flexibility index (Phi) is 6.33. The van der Waals surface area contributed by atoms with Crippen LogP contribution in [0.4, 0.5) is 0 Å². The summed E-state index contributed by atoms with van der Waals surface area (Å²) in [7, 11) is 0. The predicted octanol–water partition coefficient (Wildman–Crippen LogP) is 2.46. The van der Waals surface area contributed by atoms with Gasteiger partial charge < -0.3 is 10.4 Å². The molecule has 2 aromatic carbocycles. The second-order valence-electron chi connectivity index (χ2n) is 6.70. The van der Waals surface area contributed by atoms with Crippen LogP contribution in [0.25, 0.3) is 10.9 Å². The van der Waals surface area contributed by atoms with E-state index in [-0.39, 0.29) is 0 Å². The third-order valence-electron chi connectivity index (χ3n) is 4.69. The molecule has 0 spiro atoms. The number of carboxylic acid groups (broad SMARTS) is 1. The van der Waals surface area contributed by atoms with Crippen molar-refractivity contribution in [1.29, 1.82) is 0 Å². The third kappa shape index (κ3) is 4.48. The molecule has 0 radical (unpaired) electrons. The fraction of sp³-hybridized carbons (Fsp3) is 0.286. The van der Waals surface area contributed by atoms with Crippen LogP contribution >= 0.6 is 0 Å². The largest absolute Gasteiger partial charge is 0.479 e. The minimum Gasteiger partial charge on any atom is -0.479 e. The maximum atomic E-state index is 13.0. The standard InChI is InChI=1S/C21H22N4O4/c1-2-3-13-17(25-20(27)15-11-7-8-12-16(15)23-24-25)19(26)22-18(21(28)29)14-9-5-4-6-10-14/h4-12,17-18H,2-3,13H2,1H3,(H,22,26)(H,28,29)/t17-,18-/m0/s1. The van der Waals surface area contributed by atoms with Gasteiger partial charge in [-0.05, 0) is 24.1 Å². The molecule has 0 bridgehead atoms. The fourth-order valence-electron chi connectivity index (χ4n) is 3.14. The Hall–Kier alpha value is -3.55. The van der Waals surface area contributed by atoms with Crippen molar-refractivity contribution >= 4 is 22.8 Å². The SMILES string of the molecule is CCCC[C@@H](C(=O)N[C@H](C(=O)O)c1ccccc1)n1nnc2ccccc2c1=O. The van der Waals surface area contributed by atoms with E-state index in [2.05, 4.69) is 15.6 Å². The summed E-state index contributed by atoms with van der Waals surface area (Å²) in [4.78, 5) is 37.7. The van der Waals surface area contributed by atoms with Crippen molar-refractivity contribution in [3.8, 4) is 0 Å². The Balaban J connectivity index is 1.96. The molecule has 1 heterocycles. The number of hydrogen-bond donors (Lipinski definition) is 2. The van der Waals surface area contributed by atoms with Crippen LogP contribution in [0.15, 0.2) is 59.4 Å². The Labute approximate surface area is 167 Å². The highest BCUT2D eigenvalue weighted by Gasteiger charge is 2.29. The van der Waals surface area contributed by atoms with Crippen molar-refractivity contribution < 1.29 is 14.7 Å². The molecule has 2 atom stereocenters. The molecule has 0 aliphatic heterocycles. The lowest BCUT2D eigenvalue weighted by atomic mass is 10.0. The number of unbranched alkanes of at least 4 members (excludes halogenated alkanes) is 1. The average Bonchev–Trinajstić information content (AvgIpc) is 2.74. The van der Waals surface area contributed by atoms with Gasteiger partial charge in [0.15, 0.2) is 6.04 Å². The first-order valence-electron chi connectivity index (χ1n) is 9.45. The summed E-state index contributed by atoms with van der Waals surface area (Å²) in [5, 5.41) is 20.5. The lowest BCUT2D eigenvalue weighted by Gasteiger charge is -2.21. The first-order valence-corrected chi connectivity index (χ1v) is 9.45. The molecule has 29 heavy (non-hydrogen) atoms. The number of aliphatic carboxylic acids is 1. The highest BCUT2D eigenvalue weighted by atomic mass is 16.4. The Bertz CT molecular complexity index is 1060. The zero-order valence-corrected chi connectivity index (χ0v) is 16.0. The van der Waals surface area contributed by atoms with E-state index in [0.29, 0.717) is 29.3 Å². The molecule has 0 saturated heterocycles. The second kappa shape index (κ2) is 9.09. The van der Waals surface area contributed by atoms with Crippen molar-refractivity contribution in [2.75, 3.05) is 0 Å². The Morgan fingerprint density at radius 3 is 2.48 bits per heavy atom. The van der Waals surface area contributed by atoms with Crippen LogP contribution in [0.1, 0.15) is 43.8 Å². The van der Waals surface area contributed by atoms with Crippen molar-refractivity contribution in [3.63, 3.8) is 0 Å². The number of nitrogens with zero attached hydrogens (tertiary/aromatic N) is 3. The lowest BCUT2D eigenvalue weighted by Crippen LogP contribution is -2.42. The average molecular weight is 394 g/mol. The maximum absolute atomic E-state index is 13.0. The Morgan fingerprint density at radius 1 is 1.10 bits per heavy atom. The molecule has 8 heteroatoms. The molecule has 8 nitrogen and oxygen atoms in total. The summed E-state index contributed by atoms with van der Waals surface area (Å²) in [6.07, 6.45) is 1.82. The van der Waals surface area contributed by atoms with Crippen LogP contribution in [-0.2, 0) is 9.59 Å². The smallest absolute Gasteiger partial charge is 0.330 e. The summed E-state index contributed by atoms with van der Waals surface area (Å²) in [6.45, 7) is 1.97. The molecule has 0 fully saturated rings. The zero-order chi connectivity index (χ0) is 20.8. The Morgan fingerprint density at radius 2 is 1.79 bits per heavy atom. The van der Waals surface area contributed by atoms with Crippen LogP contribution in [-0.4, -0.2) is 32.0 Å². The number of benzene rings is 2. The van der Waals surface area contributed by atoms with Crippen LogP contribution < -0.4 is 10.9 Å². The van der Waals surface area contributed by atoms with E-state index >= 15 is 0 Å². The highest BCUT2D eigenvalue weighted by molar-refractivity contribution is 5.87. The quantitative estimate of drug-likeness (QED) is 0.607. The molecule has 1 aromatic heterocycles. The van der Waals surface area contributed by atoms with E-state index in [1.54, 1.807) is 54.6 Å². The topological polar surface area (TPSA) is 114 Å². The van der Waals surface area contributed by atoms with Gasteiger partial charge in [-0.15, -0.1) is 5.10 Å². The molecule has 3 aromatic rings. The van der Waals surface area contributed by atoms with E-state index in [0.717, 1.165) is 11.1 Å². The molecule has 0 saturated carbocycles. The van der Waals surface area contributed by atoms with Crippen LogP contribution in [0.3, 0.4) is 0 Å². The van der Waals surface area contributed by atoms with Crippen LogP contribution in [0.5, 0.6) is 0 Å². The van der Waals surface area contributed by atoms with Gasteiger partial charge in [-0.1, -0.05) is 67.4 Å². The number of carboxylic acids is 1. The van der Waals surface area contributed by atoms with Gasteiger partial charge in [0.2, 0.25) is 5.91 Å². The molecule has 0 aliphatic rings. The third-order valence-corrected chi connectivity index (χ3v) is 4.69. The summed E-state index contributed by atoms with van der Waals surface area (Å²) >= 11 is 0. The van der Waals surface area contributed by atoms with Crippen molar-refractivity contribution in [2.45, 2.75) is 38.3 Å². The molecule has 3 rings (SSSR count). The van der Waals surface area contributed by atoms with Gasteiger partial charge in [0, 0.05) is 0 Å². The number of fused-ring (bicyclic) bond motifs is 1. The van der Waals surface area contributed by atoms with Crippen LogP contribution in [0, 0.1) is 0 Å². The summed E-state index contributed by atoms with van der Waals surface area (Å²) in [5.74, 6) is -1.77. The van der Waals surface area contributed by atoms with E-state index in [1.807, 2.05) is 6.92 Å². The fourth-order valence-corrected chi connectivity index (χ4v) is 3.14. The first kappa shape index (κ1) is 20.2. The summed E-state index contributed by atoms with van der Waals surface area (Å²) in [5.41, 5.74) is 0.453. The van der Waals surface area contributed by atoms with Crippen molar-refractivity contribution in [3.05, 3.63) is 70.5 Å². The minimum absolute atomic E-state index is 0.344. The van der Waals surface area contributed by atoms with Gasteiger partial charge in [0.25, 0.3) is 5.56 Å². The number of nitrogens with one attached hydrogen (secondary N) is 1. The molecule has 1 amide bonds. The second-order valence-corrected chi connectivity index (χ2v) is 6.70. The predicted molar refractivity (Wildman–Crippen MR) is 107 cm³/mol. The van der Waals surface area contributed by atoms with Gasteiger partial charge in [0.1, 0.15) is 11.6 Å². The maximum Gasteiger partial charge on any atom is 0.330 e. The monoisotopic (exact) mass is 394 g/mol. The number of carbonyl (C=O) groups is 2. The van der Waals surface area contributed by atoms with Crippen molar-refractivity contribution in [1.82, 2.24) is 20.3 Å². The molecular weight excluding hydrogens is 372 g/mol. The summed E-state index contributed by atoms with van der Waals surface area (Å²) in [6, 6.07) is 13.0. The van der Waals surface area contributed by atoms with Crippen molar-refractivity contribution in [2.24, 2.45) is 0 Å². The minimum atomic E-state index is -1.23. The van der Waals surface area contributed by atoms with Gasteiger partial charge in [-0.3, -0.25) is 9.59 Å². The summed E-state index contributed by atoms with van der Waals surface area (Å²) < 4.78 is 1.05.